The van der Waals surface area contributed by atoms with Crippen molar-refractivity contribution in [1.29, 1.82) is 0 Å². The van der Waals surface area contributed by atoms with Crippen LogP contribution in [0.15, 0.2) is 0 Å². The summed E-state index contributed by atoms with van der Waals surface area (Å²) in [6.07, 6.45) is -23.8. The summed E-state index contributed by atoms with van der Waals surface area (Å²) in [5, 5.41) is 15.2. The van der Waals surface area contributed by atoms with E-state index in [2.05, 4.69) is 375 Å². The molecule has 0 aliphatic carbocycles. The fraction of sp³-hybridized carbons (Fsp3) is 0.978. The first-order chi connectivity index (χ1) is 64.7. The van der Waals surface area contributed by atoms with E-state index in [-0.39, 0.29) is 39.3 Å². The van der Waals surface area contributed by atoms with Crippen molar-refractivity contribution in [2.75, 3.05) is 39.3 Å². The van der Waals surface area contributed by atoms with Crippen molar-refractivity contribution in [1.82, 2.24) is 21.3 Å². The Kier molecular flexibility index (Phi) is 48.7. The van der Waals surface area contributed by atoms with Crippen LogP contribution in [0.2, 0.25) is 354 Å². The molecule has 53 heteroatoms. The van der Waals surface area contributed by atoms with Crippen molar-refractivity contribution in [3.63, 3.8) is 0 Å². The van der Waals surface area contributed by atoms with Crippen LogP contribution in [0.1, 0.15) is 0 Å². The molecule has 0 bridgehead atoms. The summed E-state index contributed by atoms with van der Waals surface area (Å²) in [6, 6.07) is 0. The molecule has 6 aliphatic rings. The highest BCUT2D eigenvalue weighted by atomic mass is 32.1. The maximum atomic E-state index is 7.82. The van der Waals surface area contributed by atoms with Crippen LogP contribution in [0.4, 0.5) is 0 Å². The van der Waals surface area contributed by atoms with Crippen LogP contribution in [0, 0.1) is 0 Å². The van der Waals surface area contributed by atoms with Crippen LogP contribution in [0.25, 0.3) is 0 Å². The van der Waals surface area contributed by atoms with Gasteiger partial charge in [-0.2, -0.15) is 0 Å². The normalized spacial score (nSPS) is 33.2. The topological polar surface area (TPSA) is 349 Å². The Morgan fingerprint density at radius 1 is 0.166 bits per heavy atom. The van der Waals surface area contributed by atoms with Crippen molar-refractivity contribution < 1.29 is 122 Å². The molecule has 145 heavy (non-hydrogen) atoms. The molecule has 0 spiro atoms. The molecule has 6 aliphatic heterocycles. The molecule has 33 nitrogen and oxygen atoms in total. The molecule has 0 unspecified atom stereocenters. The Labute approximate surface area is 909 Å². The Morgan fingerprint density at radius 2 is 0.262 bits per heavy atom. The van der Waals surface area contributed by atoms with Gasteiger partial charge in [0.2, 0.25) is 0 Å². The van der Waals surface area contributed by atoms with Gasteiger partial charge in [-0.05, 0) is 378 Å². The molecule has 30 atom stereocenters. The second-order valence-corrected chi connectivity index (χ2v) is 139. The fourth-order valence-corrected chi connectivity index (χ4v) is 37.8. The second kappa shape index (κ2) is 52.1. The zero-order valence-corrected chi connectivity index (χ0v) is 120. The number of rotatable bonds is 52. The molecular weight excluding hydrogens is 2190 g/mol. The molecule has 6 heterocycles. The molecule has 0 amide bonds. The molecule has 0 aromatic rings. The van der Waals surface area contributed by atoms with Gasteiger partial charge >= 0.3 is 0 Å². The quantitative estimate of drug-likeness (QED) is 0.0243. The zero-order chi connectivity index (χ0) is 112. The van der Waals surface area contributed by atoms with Crippen LogP contribution in [-0.2, 0) is 122 Å². The Balaban J connectivity index is 1.49. The standard InChI is InChI=1S/C92H212N6O27S2Si18/c1-128(2,3)108-67-61(55-93)99-85(79(120-140(37,38)39)73(67)114-134(19,20)21)105-87-81(122-142(43,44)45)75(116-136(25,26)27)69(110-130(7,8)9)63(101-87)57-95-91(126)97-59-65-71(112-132(13,14)15)77(118-138(31,32)33)83(124-144(49,50)51)89(103-65)107-90-84(125-145(52,53)54)78(119-139(34,35)36)72(113-133(16,17)18)66(104-90)60-98-92(127)96-58-64-70(111-131(10,11)12)76(117-137(28,29)30)82(123-143(46,47)48)88(102-64)106-86-80(121-141(40,41)42)74(115-135(22,23)24)68(62(56-94)100-86)109-129(4,5)6/h61-90H,55-60,93-94H2,1-54H3,(H2,95,97,126)(H2,96,98,127)/t61-,62-,63-,64-,65-,66-,67-,68-,69-,70-,71-,72-,73+,74+,75+,76+,77+,78+,79-,80-,81-,82-,83-,84-,85-,86-,87-,88-,89-,90-/m1/s1. The van der Waals surface area contributed by atoms with E-state index in [1.54, 1.807) is 0 Å². The number of ether oxygens (including phenoxy) is 9. The molecule has 6 saturated heterocycles. The highest BCUT2D eigenvalue weighted by Gasteiger charge is 2.63. The van der Waals surface area contributed by atoms with E-state index in [1.807, 2.05) is 0 Å². The van der Waals surface area contributed by atoms with E-state index in [0.717, 1.165) is 0 Å². The van der Waals surface area contributed by atoms with Crippen LogP contribution in [0.3, 0.4) is 0 Å². The second-order valence-electron chi connectivity index (χ2n) is 57.8. The van der Waals surface area contributed by atoms with Crippen LogP contribution in [-0.4, -0.2) is 383 Å². The molecule has 856 valence electrons. The van der Waals surface area contributed by atoms with Crippen LogP contribution < -0.4 is 32.7 Å². The first-order valence-electron chi connectivity index (χ1n) is 53.2. The van der Waals surface area contributed by atoms with E-state index in [9.17, 15) is 0 Å². The summed E-state index contributed by atoms with van der Waals surface area (Å²) in [4.78, 5) is 0. The lowest BCUT2D eigenvalue weighted by atomic mass is 9.97. The first kappa shape index (κ1) is 136. The van der Waals surface area contributed by atoms with E-state index in [4.69, 9.17) is 158 Å². The first-order valence-corrected chi connectivity index (χ1v) is 115. The van der Waals surface area contributed by atoms with Crippen molar-refractivity contribution >= 4 is 184 Å². The van der Waals surface area contributed by atoms with Gasteiger partial charge in [-0.25, -0.2) is 0 Å². The summed E-state index contributed by atoms with van der Waals surface area (Å²) >= 11 is 13.1. The molecule has 6 fully saturated rings. The third kappa shape index (κ3) is 49.3. The van der Waals surface area contributed by atoms with Gasteiger partial charge in [-0.15, -0.1) is 0 Å². The van der Waals surface area contributed by atoms with Crippen molar-refractivity contribution in [3.05, 3.63) is 0 Å². The van der Waals surface area contributed by atoms with Crippen molar-refractivity contribution in [2.24, 2.45) is 11.5 Å². The van der Waals surface area contributed by atoms with Gasteiger partial charge in [-0.3, -0.25) is 0 Å². The van der Waals surface area contributed by atoms with Crippen molar-refractivity contribution in [3.8, 4) is 0 Å². The van der Waals surface area contributed by atoms with Gasteiger partial charge in [-0.1, -0.05) is 0 Å². The van der Waals surface area contributed by atoms with E-state index >= 15 is 0 Å². The summed E-state index contributed by atoms with van der Waals surface area (Å²) in [7, 11) is -44.4. The van der Waals surface area contributed by atoms with Gasteiger partial charge in [0.05, 0.1) is 0 Å². The average Bonchev–Trinajstić information content (AvgIpc) is 0.758. The van der Waals surface area contributed by atoms with Crippen LogP contribution >= 0.6 is 24.4 Å². The van der Waals surface area contributed by atoms with Gasteiger partial charge < -0.3 is 155 Å². The van der Waals surface area contributed by atoms with E-state index in [1.165, 1.54) is 0 Å². The maximum absolute atomic E-state index is 7.82. The lowest BCUT2D eigenvalue weighted by Crippen LogP contribution is -2.70. The highest BCUT2D eigenvalue weighted by molar-refractivity contribution is 7.80. The highest BCUT2D eigenvalue weighted by Crippen LogP contribution is 2.46. The number of nitrogens with one attached hydrogen (secondary N) is 4. The molecule has 0 saturated carbocycles. The van der Waals surface area contributed by atoms with E-state index in [0.29, 0.717) is 10.2 Å². The van der Waals surface area contributed by atoms with Gasteiger partial charge in [0, 0.05) is 39.3 Å². The predicted octanol–water partition coefficient (Wildman–Crippen LogP) is 18.2. The lowest BCUT2D eigenvalue weighted by molar-refractivity contribution is -0.364. The number of hydrogen-bond donors (Lipinski definition) is 6. The van der Waals surface area contributed by atoms with Gasteiger partial charge in [0.1, 0.15) is 146 Å². The Bertz CT molecular complexity index is 3720. The molecule has 6 rings (SSSR count). The smallest absolute Gasteiger partial charge is 0.188 e. The molecule has 0 aromatic heterocycles. The summed E-state index contributed by atoms with van der Waals surface area (Å²) in [5.74, 6) is 0. The zero-order valence-electron chi connectivity index (χ0n) is 101. The number of hydrogen-bond acceptors (Lipinski definition) is 31. The SMILES string of the molecule is C[Si](C)(C)O[C@@H]1[C@@H](O[Si](C)(C)C)[C@@H](O[C@H]2O[C@H](CNC(=S)NC[C@H]3O[C@H](O[C@H]4O[C@H](CNC(=S)NC[C@H]5O[C@H](O[C@H]6O[C@H](CN)[C@@H](O[Si](C)(C)C)[C@H](O[Si](C)(C)C)[C@H]6O[Si](C)(C)C)[C@H](O[Si](C)(C)C)[C@@H](O[Si](C)(C)C)[C@@H]5O[Si](C)(C)C)[C@@H](O[Si](C)(C)C)[C@H](O[Si](C)(C)C)[C@H]4O[Si](C)(C)C)[C@H](O[Si](C)(C)C)[C@@H](O[Si](C)(C)C)[C@@H]3O[Si](C)(C)C)[C@@H](O[Si](C)(C)C)[C@H](O[Si](C)(C)C)[C@H]2O[Si](C)(C)C)O[C@H](CN)[C@H]1O[Si](C)(C)C. The molecule has 8 N–H and O–H groups in total. The Morgan fingerprint density at radius 3 is 0.372 bits per heavy atom. The van der Waals surface area contributed by atoms with Crippen molar-refractivity contribution in [2.45, 2.75) is 538 Å². The third-order valence-electron chi connectivity index (χ3n) is 21.5. The van der Waals surface area contributed by atoms with Gasteiger partial charge in [0.15, 0.2) is 198 Å². The average molecular weight is 2400 g/mol. The summed E-state index contributed by atoms with van der Waals surface area (Å²) < 4.78 is 201. The predicted molar refractivity (Wildman–Crippen MR) is 638 cm³/mol. The molecule has 0 aromatic carbocycles. The Hall–Kier alpha value is 2.12. The maximum Gasteiger partial charge on any atom is 0.188 e. The molecular formula is C92H212N6O27S2Si18. The minimum absolute atomic E-state index is 0.116. The monoisotopic (exact) mass is 2400 g/mol. The number of thiocarbonyl (C=S) groups is 2. The minimum Gasteiger partial charge on any atom is -0.409 e. The van der Waals surface area contributed by atoms with Crippen LogP contribution in [0.5, 0.6) is 0 Å². The minimum atomic E-state index is -2.61. The lowest BCUT2D eigenvalue weighted by Gasteiger charge is -2.54. The van der Waals surface area contributed by atoms with Gasteiger partial charge in [0.25, 0.3) is 0 Å². The summed E-state index contributed by atoms with van der Waals surface area (Å²) in [5.41, 5.74) is 13.6. The largest absolute Gasteiger partial charge is 0.409 e. The fourth-order valence-electron chi connectivity index (χ4n) is 18.0. The molecule has 0 radical (unpaired) electrons. The van der Waals surface area contributed by atoms with E-state index < -0.39 is 334 Å². The number of nitrogens with two attached hydrogens (primary N) is 2. The summed E-state index contributed by atoms with van der Waals surface area (Å²) in [6.45, 7) is 118. The third-order valence-corrected chi connectivity index (χ3v) is 39.7.